The molecule has 0 amide bonds. The van der Waals surface area contributed by atoms with Gasteiger partial charge in [0.25, 0.3) is 0 Å². The molecule has 104 valence electrons. The molecule has 2 aromatic rings. The minimum atomic E-state index is 0.634. The van der Waals surface area contributed by atoms with Crippen LogP contribution in [0.4, 0.5) is 5.69 Å². The van der Waals surface area contributed by atoms with Gasteiger partial charge in [0.2, 0.25) is 0 Å². The van der Waals surface area contributed by atoms with Crippen molar-refractivity contribution in [2.75, 3.05) is 0 Å². The third-order valence-corrected chi connectivity index (χ3v) is 5.32. The van der Waals surface area contributed by atoms with E-state index in [1.165, 1.54) is 28.2 Å². The fourth-order valence-corrected chi connectivity index (χ4v) is 3.80. The number of hydrogen-bond donors (Lipinski definition) is 0. The zero-order valence-electron chi connectivity index (χ0n) is 12.0. The maximum absolute atomic E-state index is 4.48. The quantitative estimate of drug-likeness (QED) is 0.407. The monoisotopic (exact) mass is 331 g/mol. The molecule has 0 fully saturated rings. The number of hydrogen-bond acceptors (Lipinski definition) is 1. The molecule has 0 atom stereocenters. The molecule has 0 N–H and O–H groups in total. The van der Waals surface area contributed by atoms with E-state index in [2.05, 4.69) is 72.7 Å². The fourth-order valence-electron chi connectivity index (χ4n) is 1.85. The van der Waals surface area contributed by atoms with Crippen molar-refractivity contribution in [3.05, 3.63) is 60.2 Å². The van der Waals surface area contributed by atoms with Crippen molar-refractivity contribution in [3.63, 3.8) is 0 Å². The van der Waals surface area contributed by atoms with Crippen LogP contribution in [-0.4, -0.2) is 21.2 Å². The molecular weight excluding hydrogens is 309 g/mol. The molecule has 0 saturated heterocycles. The van der Waals surface area contributed by atoms with Crippen LogP contribution in [0.1, 0.15) is 24.8 Å². The minimum absolute atomic E-state index is 0.634. The normalized spacial score (nSPS) is 11.1. The number of rotatable bonds is 7. The van der Waals surface area contributed by atoms with E-state index in [-0.39, 0.29) is 0 Å². The topological polar surface area (TPSA) is 12.4 Å². The van der Waals surface area contributed by atoms with Gasteiger partial charge in [0.05, 0.1) is 0 Å². The van der Waals surface area contributed by atoms with Crippen molar-refractivity contribution in [1.29, 1.82) is 0 Å². The van der Waals surface area contributed by atoms with E-state index in [0.29, 0.717) is 15.0 Å². The van der Waals surface area contributed by atoms with Crippen molar-refractivity contribution in [2.45, 2.75) is 31.5 Å². The summed E-state index contributed by atoms with van der Waals surface area (Å²) in [5.74, 6) is 0. The third-order valence-electron chi connectivity index (χ3n) is 3.01. The Bertz CT molecular complexity index is 517. The molecule has 0 heterocycles. The number of aliphatic imine (C=N–C) groups is 1. The molecule has 0 aliphatic carbocycles. The Hall–Kier alpha value is -1.37. The van der Waals surface area contributed by atoms with E-state index in [1.54, 1.807) is 0 Å². The van der Waals surface area contributed by atoms with Crippen LogP contribution in [0.25, 0.3) is 0 Å². The SMILES string of the molecule is Cc1ccc(N=CCCCC[Se]c2ccccc2)cc1. The first kappa shape index (κ1) is 15.0. The van der Waals surface area contributed by atoms with E-state index >= 15 is 0 Å². The summed E-state index contributed by atoms with van der Waals surface area (Å²) in [6.07, 6.45) is 5.68. The summed E-state index contributed by atoms with van der Waals surface area (Å²) in [6, 6.07) is 19.2. The Balaban J connectivity index is 1.58. The molecular formula is C18H21NSe. The van der Waals surface area contributed by atoms with Crippen molar-refractivity contribution < 1.29 is 0 Å². The molecule has 0 aliphatic heterocycles. The summed E-state index contributed by atoms with van der Waals surface area (Å²) in [5, 5.41) is 1.33. The molecule has 2 heteroatoms. The number of aryl methyl sites for hydroxylation is 1. The number of unbranched alkanes of at least 4 members (excludes halogenated alkanes) is 2. The van der Waals surface area contributed by atoms with Crippen LogP contribution in [-0.2, 0) is 0 Å². The van der Waals surface area contributed by atoms with Crippen molar-refractivity contribution >= 4 is 31.3 Å². The second kappa shape index (κ2) is 8.73. The number of benzene rings is 2. The molecule has 0 bridgehead atoms. The molecule has 0 spiro atoms. The van der Waals surface area contributed by atoms with Crippen molar-refractivity contribution in [1.82, 2.24) is 0 Å². The summed E-state index contributed by atoms with van der Waals surface area (Å²) in [7, 11) is 0. The van der Waals surface area contributed by atoms with Crippen LogP contribution >= 0.6 is 0 Å². The van der Waals surface area contributed by atoms with E-state index in [1.807, 2.05) is 0 Å². The van der Waals surface area contributed by atoms with Crippen LogP contribution in [0.5, 0.6) is 0 Å². The molecule has 20 heavy (non-hydrogen) atoms. The van der Waals surface area contributed by atoms with E-state index < -0.39 is 0 Å². The van der Waals surface area contributed by atoms with Crippen molar-refractivity contribution in [2.24, 2.45) is 4.99 Å². The van der Waals surface area contributed by atoms with Gasteiger partial charge in [0, 0.05) is 0 Å². The summed E-state index contributed by atoms with van der Waals surface area (Å²) in [6.45, 7) is 2.10. The second-order valence-electron chi connectivity index (χ2n) is 4.80. The summed E-state index contributed by atoms with van der Waals surface area (Å²) in [5.41, 5.74) is 2.34. The third kappa shape index (κ3) is 5.73. The van der Waals surface area contributed by atoms with E-state index in [9.17, 15) is 0 Å². The average Bonchev–Trinajstić information content (AvgIpc) is 2.49. The molecule has 0 saturated carbocycles. The van der Waals surface area contributed by atoms with Gasteiger partial charge in [-0.25, -0.2) is 0 Å². The van der Waals surface area contributed by atoms with Crippen molar-refractivity contribution in [3.8, 4) is 0 Å². The molecule has 2 aromatic carbocycles. The average molecular weight is 330 g/mol. The Morgan fingerprint density at radius 1 is 0.950 bits per heavy atom. The first-order chi connectivity index (χ1) is 9.84. The van der Waals surface area contributed by atoms with Crippen LogP contribution in [0.3, 0.4) is 0 Å². The molecule has 0 aliphatic rings. The van der Waals surface area contributed by atoms with Gasteiger partial charge >= 0.3 is 128 Å². The zero-order chi connectivity index (χ0) is 14.0. The van der Waals surface area contributed by atoms with Gasteiger partial charge in [-0.05, 0) is 0 Å². The van der Waals surface area contributed by atoms with E-state index in [4.69, 9.17) is 0 Å². The summed E-state index contributed by atoms with van der Waals surface area (Å²) < 4.78 is 1.51. The van der Waals surface area contributed by atoms with Gasteiger partial charge < -0.3 is 0 Å². The Morgan fingerprint density at radius 3 is 2.45 bits per heavy atom. The van der Waals surface area contributed by atoms with Gasteiger partial charge in [0.1, 0.15) is 0 Å². The van der Waals surface area contributed by atoms with Crippen LogP contribution in [0.2, 0.25) is 5.32 Å². The van der Waals surface area contributed by atoms with Gasteiger partial charge in [-0.2, -0.15) is 0 Å². The predicted octanol–water partition coefficient (Wildman–Crippen LogP) is 4.32. The number of nitrogens with zero attached hydrogens (tertiary/aromatic N) is 1. The summed E-state index contributed by atoms with van der Waals surface area (Å²) >= 11 is 0.634. The van der Waals surface area contributed by atoms with Crippen LogP contribution in [0, 0.1) is 6.92 Å². The van der Waals surface area contributed by atoms with Crippen LogP contribution < -0.4 is 4.46 Å². The van der Waals surface area contributed by atoms with Crippen LogP contribution in [0.15, 0.2) is 59.6 Å². The summed E-state index contributed by atoms with van der Waals surface area (Å²) in [4.78, 5) is 4.48. The fraction of sp³-hybridized carbons (Fsp3) is 0.278. The van der Waals surface area contributed by atoms with Gasteiger partial charge in [-0.3, -0.25) is 0 Å². The Kier molecular flexibility index (Phi) is 6.56. The maximum atomic E-state index is 4.48. The molecule has 0 aromatic heterocycles. The molecule has 2 rings (SSSR count). The molecule has 0 radical (unpaired) electrons. The first-order valence-corrected chi connectivity index (χ1v) is 9.18. The predicted molar refractivity (Wildman–Crippen MR) is 89.8 cm³/mol. The van der Waals surface area contributed by atoms with Gasteiger partial charge in [-0.1, -0.05) is 0 Å². The van der Waals surface area contributed by atoms with Gasteiger partial charge in [0.15, 0.2) is 0 Å². The van der Waals surface area contributed by atoms with Gasteiger partial charge in [-0.15, -0.1) is 0 Å². The second-order valence-corrected chi connectivity index (χ2v) is 7.26. The zero-order valence-corrected chi connectivity index (χ0v) is 13.7. The Labute approximate surface area is 128 Å². The standard InChI is InChI=1S/C18H21NSe/c1-16-10-12-17(13-11-16)19-14-6-3-7-15-20-18-8-4-2-5-9-18/h2,4-5,8-14H,3,6-7,15H2,1H3. The first-order valence-electron chi connectivity index (χ1n) is 7.11. The molecule has 0 unspecified atom stereocenters. The molecule has 1 nitrogen and oxygen atoms in total. The van der Waals surface area contributed by atoms with E-state index in [0.717, 1.165) is 12.1 Å². The Morgan fingerprint density at radius 2 is 1.70 bits per heavy atom.